The third kappa shape index (κ3) is 4.91. The molecule has 1 fully saturated rings. The summed E-state index contributed by atoms with van der Waals surface area (Å²) >= 11 is 1.66. The summed E-state index contributed by atoms with van der Waals surface area (Å²) in [7, 11) is 0. The Bertz CT molecular complexity index is 400. The number of nitrogens with zero attached hydrogens (tertiary/aromatic N) is 1. The van der Waals surface area contributed by atoms with Gasteiger partial charge in [-0.15, -0.1) is 11.3 Å². The number of ether oxygens (including phenoxy) is 1. The molecule has 0 saturated carbocycles. The summed E-state index contributed by atoms with van der Waals surface area (Å²) in [5, 5.41) is 6.11. The fourth-order valence-corrected chi connectivity index (χ4v) is 2.99. The number of nitrogens with one attached hydrogen (secondary N) is 1. The molecular weight excluding hydrogens is 260 g/mol. The van der Waals surface area contributed by atoms with Crippen molar-refractivity contribution in [2.24, 2.45) is 5.92 Å². The lowest BCUT2D eigenvalue weighted by molar-refractivity contribution is -0.121. The quantitative estimate of drug-likeness (QED) is 0.872. The molecule has 1 aromatic heterocycles. The number of hydrogen-bond acceptors (Lipinski definition) is 4. The maximum atomic E-state index is 11.8. The van der Waals surface area contributed by atoms with Gasteiger partial charge in [0, 0.05) is 25.0 Å². The normalized spacial score (nSPS) is 16.5. The van der Waals surface area contributed by atoms with Crippen LogP contribution >= 0.6 is 11.3 Å². The van der Waals surface area contributed by atoms with Crippen molar-refractivity contribution < 1.29 is 9.53 Å². The van der Waals surface area contributed by atoms with E-state index in [2.05, 4.69) is 17.2 Å². The Labute approximate surface area is 118 Å². The van der Waals surface area contributed by atoms with Crippen molar-refractivity contribution in [2.75, 3.05) is 13.2 Å². The predicted octanol–water partition coefficient (Wildman–Crippen LogP) is 2.53. The molecule has 2 heterocycles. The van der Waals surface area contributed by atoms with Crippen molar-refractivity contribution in [3.63, 3.8) is 0 Å². The van der Waals surface area contributed by atoms with Crippen LogP contribution in [0.15, 0.2) is 5.38 Å². The topological polar surface area (TPSA) is 51.2 Å². The molecule has 1 amide bonds. The molecule has 0 bridgehead atoms. The molecule has 1 aromatic rings. The molecular formula is C14H22N2O2S. The molecule has 106 valence electrons. The van der Waals surface area contributed by atoms with Crippen molar-refractivity contribution in [3.05, 3.63) is 16.1 Å². The van der Waals surface area contributed by atoms with Gasteiger partial charge in [0.1, 0.15) is 0 Å². The third-order valence-corrected chi connectivity index (χ3v) is 4.53. The second kappa shape index (κ2) is 7.60. The highest BCUT2D eigenvalue weighted by Gasteiger charge is 2.15. The summed E-state index contributed by atoms with van der Waals surface area (Å²) in [5.41, 5.74) is 0.973. The highest BCUT2D eigenvalue weighted by atomic mass is 32.1. The zero-order valence-electron chi connectivity index (χ0n) is 11.5. The van der Waals surface area contributed by atoms with Crippen LogP contribution in [0.2, 0.25) is 0 Å². The Morgan fingerprint density at radius 2 is 2.32 bits per heavy atom. The fourth-order valence-electron chi connectivity index (χ4n) is 2.24. The van der Waals surface area contributed by atoms with E-state index < -0.39 is 0 Å². The van der Waals surface area contributed by atoms with E-state index in [-0.39, 0.29) is 5.91 Å². The third-order valence-electron chi connectivity index (χ3n) is 3.49. The molecule has 0 spiro atoms. The minimum absolute atomic E-state index is 0.137. The molecule has 0 aromatic carbocycles. The minimum Gasteiger partial charge on any atom is -0.381 e. The van der Waals surface area contributed by atoms with Gasteiger partial charge in [0.25, 0.3) is 0 Å². The van der Waals surface area contributed by atoms with E-state index in [0.717, 1.165) is 49.6 Å². The van der Waals surface area contributed by atoms with Gasteiger partial charge < -0.3 is 10.1 Å². The Hall–Kier alpha value is -0.940. The molecule has 1 N–H and O–H groups in total. The number of rotatable bonds is 6. The van der Waals surface area contributed by atoms with Crippen LogP contribution < -0.4 is 5.32 Å². The first-order valence-electron chi connectivity index (χ1n) is 7.05. The van der Waals surface area contributed by atoms with Crippen LogP contribution in [0.5, 0.6) is 0 Å². The Morgan fingerprint density at radius 1 is 1.53 bits per heavy atom. The summed E-state index contributed by atoms with van der Waals surface area (Å²) in [6.45, 7) is 4.36. The van der Waals surface area contributed by atoms with E-state index in [0.29, 0.717) is 18.9 Å². The van der Waals surface area contributed by atoms with Crippen LogP contribution in [-0.4, -0.2) is 24.1 Å². The van der Waals surface area contributed by atoms with E-state index in [1.54, 1.807) is 11.3 Å². The summed E-state index contributed by atoms with van der Waals surface area (Å²) in [5.74, 6) is 0.794. The molecule has 0 atom stereocenters. The first-order valence-corrected chi connectivity index (χ1v) is 7.93. The van der Waals surface area contributed by atoms with Gasteiger partial charge in [0.05, 0.1) is 17.2 Å². The first kappa shape index (κ1) is 14.5. The lowest BCUT2D eigenvalue weighted by Crippen LogP contribution is -2.24. The van der Waals surface area contributed by atoms with Gasteiger partial charge in [-0.3, -0.25) is 4.79 Å². The first-order chi connectivity index (χ1) is 9.28. The van der Waals surface area contributed by atoms with Gasteiger partial charge in [0.15, 0.2) is 0 Å². The van der Waals surface area contributed by atoms with E-state index in [1.807, 2.05) is 5.38 Å². The van der Waals surface area contributed by atoms with Crippen molar-refractivity contribution in [3.8, 4) is 0 Å². The molecule has 1 saturated heterocycles. The SMILES string of the molecule is CCc1nc(CNC(=O)CCC2CCOCC2)cs1. The molecule has 1 aliphatic rings. The van der Waals surface area contributed by atoms with Crippen LogP contribution in [0.1, 0.15) is 43.3 Å². The van der Waals surface area contributed by atoms with E-state index in [9.17, 15) is 4.79 Å². The van der Waals surface area contributed by atoms with E-state index >= 15 is 0 Å². The number of carbonyl (C=O) groups is 1. The number of hydrogen-bond donors (Lipinski definition) is 1. The van der Waals surface area contributed by atoms with Crippen LogP contribution in [0.3, 0.4) is 0 Å². The monoisotopic (exact) mass is 282 g/mol. The fraction of sp³-hybridized carbons (Fsp3) is 0.714. The number of carbonyl (C=O) groups excluding carboxylic acids is 1. The molecule has 4 nitrogen and oxygen atoms in total. The van der Waals surface area contributed by atoms with Crippen molar-refractivity contribution in [1.82, 2.24) is 10.3 Å². The van der Waals surface area contributed by atoms with Crippen molar-refractivity contribution >= 4 is 17.2 Å². The molecule has 19 heavy (non-hydrogen) atoms. The second-order valence-corrected chi connectivity index (χ2v) is 5.90. The average molecular weight is 282 g/mol. The second-order valence-electron chi connectivity index (χ2n) is 4.96. The summed E-state index contributed by atoms with van der Waals surface area (Å²) in [6.07, 6.45) is 4.75. The molecule has 1 aliphatic heterocycles. The molecule has 0 radical (unpaired) electrons. The maximum absolute atomic E-state index is 11.8. The van der Waals surface area contributed by atoms with Crippen LogP contribution in [0.25, 0.3) is 0 Å². The number of amides is 1. The minimum atomic E-state index is 0.137. The van der Waals surface area contributed by atoms with Gasteiger partial charge in [0.2, 0.25) is 5.91 Å². The number of aryl methyl sites for hydroxylation is 1. The maximum Gasteiger partial charge on any atom is 0.220 e. The van der Waals surface area contributed by atoms with Gasteiger partial charge >= 0.3 is 0 Å². The number of aromatic nitrogens is 1. The number of thiazole rings is 1. The largest absolute Gasteiger partial charge is 0.381 e. The van der Waals surface area contributed by atoms with Gasteiger partial charge in [-0.2, -0.15) is 0 Å². The molecule has 2 rings (SSSR count). The van der Waals surface area contributed by atoms with Gasteiger partial charge in [-0.05, 0) is 31.6 Å². The highest BCUT2D eigenvalue weighted by Crippen LogP contribution is 2.19. The summed E-state index contributed by atoms with van der Waals surface area (Å²) in [4.78, 5) is 16.2. The molecule has 0 aliphatic carbocycles. The van der Waals surface area contributed by atoms with Crippen LogP contribution in [0, 0.1) is 5.92 Å². The zero-order chi connectivity index (χ0) is 13.5. The standard InChI is InChI=1S/C14H22N2O2S/c1-2-14-16-12(10-19-14)9-15-13(17)4-3-11-5-7-18-8-6-11/h10-11H,2-9H2,1H3,(H,15,17). The Kier molecular flexibility index (Phi) is 5.79. The molecule has 5 heteroatoms. The van der Waals surface area contributed by atoms with Crippen molar-refractivity contribution in [1.29, 1.82) is 0 Å². The van der Waals surface area contributed by atoms with Crippen LogP contribution in [0.4, 0.5) is 0 Å². The van der Waals surface area contributed by atoms with Crippen molar-refractivity contribution in [2.45, 2.75) is 45.6 Å². The Morgan fingerprint density at radius 3 is 3.00 bits per heavy atom. The molecule has 0 unspecified atom stereocenters. The van der Waals surface area contributed by atoms with E-state index in [1.165, 1.54) is 0 Å². The van der Waals surface area contributed by atoms with Gasteiger partial charge in [-0.25, -0.2) is 4.98 Å². The smallest absolute Gasteiger partial charge is 0.220 e. The zero-order valence-corrected chi connectivity index (χ0v) is 12.3. The predicted molar refractivity (Wildman–Crippen MR) is 76.1 cm³/mol. The average Bonchev–Trinajstić information content (AvgIpc) is 2.92. The lowest BCUT2D eigenvalue weighted by Gasteiger charge is -2.21. The summed E-state index contributed by atoms with van der Waals surface area (Å²) in [6, 6.07) is 0. The summed E-state index contributed by atoms with van der Waals surface area (Å²) < 4.78 is 5.32. The van der Waals surface area contributed by atoms with E-state index in [4.69, 9.17) is 4.74 Å². The Balaban J connectivity index is 1.63. The van der Waals surface area contributed by atoms with Crippen LogP contribution in [-0.2, 0) is 22.5 Å². The highest BCUT2D eigenvalue weighted by molar-refractivity contribution is 7.09. The lowest BCUT2D eigenvalue weighted by atomic mass is 9.95. The van der Waals surface area contributed by atoms with Gasteiger partial charge in [-0.1, -0.05) is 6.92 Å².